The van der Waals surface area contributed by atoms with Crippen LogP contribution >= 0.6 is 45.3 Å². The van der Waals surface area contributed by atoms with Crippen molar-refractivity contribution in [2.75, 3.05) is 0 Å². The molecule has 0 N–H and O–H groups in total. The molecule has 3 aromatic carbocycles. The first-order valence-electron chi connectivity index (χ1n) is 28.4. The Balaban J connectivity index is 1.19. The maximum Gasteiger partial charge on any atom is 0.151 e. The number of fused-ring (bicyclic) bond motifs is 4. The standard InChI is InChI=1S/C64H82F2N2S4/c1-7-11-15-19-21-25-29-45(27-23-17-13-9-3)38-48-31-33-56(70-48)59-50-37-44(6)69-63(50)60(57-34-32-49(71-57)39-46(28-24-18-14-10-4)30-26-22-20-16-12-8-2)51-42-58(72-64(51)59)47-40-53(66)62-55(41-47)68-61-52(65)35-43(5)36-54(61)67-62/h31-37,40-42,45-46H,7-30,38-39H2,1-6H3. The molecular formula is C64H82F2N2S4. The highest BCUT2D eigenvalue weighted by molar-refractivity contribution is 7.25. The first kappa shape index (κ1) is 54.7. The van der Waals surface area contributed by atoms with E-state index in [1.807, 2.05) is 47.0 Å². The molecule has 0 bridgehead atoms. The molecule has 0 aliphatic carbocycles. The van der Waals surface area contributed by atoms with Crippen LogP contribution in [0, 0.1) is 37.3 Å². The van der Waals surface area contributed by atoms with Gasteiger partial charge in [0.05, 0.1) is 11.0 Å². The minimum atomic E-state index is -0.436. The van der Waals surface area contributed by atoms with Crippen LogP contribution in [0.15, 0.2) is 60.7 Å². The van der Waals surface area contributed by atoms with Crippen molar-refractivity contribution < 1.29 is 8.78 Å². The fourth-order valence-electron chi connectivity index (χ4n) is 11.3. The molecule has 386 valence electrons. The molecule has 8 rings (SSSR count). The quantitative estimate of drug-likeness (QED) is 0.0320. The Labute approximate surface area is 447 Å². The minimum Gasteiger partial charge on any atom is -0.241 e. The van der Waals surface area contributed by atoms with Crippen molar-refractivity contribution in [3.8, 4) is 31.3 Å². The Morgan fingerprint density at radius 2 is 0.861 bits per heavy atom. The molecular weight excluding hydrogens is 963 g/mol. The highest BCUT2D eigenvalue weighted by atomic mass is 32.1. The maximum atomic E-state index is 16.4. The van der Waals surface area contributed by atoms with Gasteiger partial charge in [-0.1, -0.05) is 182 Å². The SMILES string of the molecule is CCCCCCCCC(CCCCCC)Cc1ccc(-c2c3cc(-c4cc(F)c5nc6cc(C)cc(F)c6nc5c4)sc3c(-c3ccc(CC(CCCCCC)CCCCCCCC)s3)c3cc(C)sc23)s1. The van der Waals surface area contributed by atoms with Gasteiger partial charge in [-0.15, -0.1) is 45.3 Å². The van der Waals surface area contributed by atoms with Gasteiger partial charge in [0.25, 0.3) is 0 Å². The summed E-state index contributed by atoms with van der Waals surface area (Å²) < 4.78 is 34.3. The molecule has 0 aliphatic heterocycles. The first-order valence-corrected chi connectivity index (χ1v) is 31.7. The second-order valence-corrected chi connectivity index (χ2v) is 26.0. The monoisotopic (exact) mass is 1040 g/mol. The Kier molecular flexibility index (Phi) is 20.7. The van der Waals surface area contributed by atoms with Crippen LogP contribution in [0.1, 0.15) is 202 Å². The predicted octanol–water partition coefficient (Wildman–Crippen LogP) is 23.0. The van der Waals surface area contributed by atoms with Crippen molar-refractivity contribution in [3.05, 3.63) is 92.5 Å². The summed E-state index contributed by atoms with van der Waals surface area (Å²) in [5, 5.41) is 2.55. The number of benzene rings is 3. The Bertz CT molecular complexity index is 2840. The van der Waals surface area contributed by atoms with Crippen LogP contribution in [0.4, 0.5) is 8.78 Å². The van der Waals surface area contributed by atoms with E-state index in [0.717, 1.165) is 28.8 Å². The summed E-state index contributed by atoms with van der Waals surface area (Å²) >= 11 is 7.67. The Hall–Kier alpha value is -3.56. The summed E-state index contributed by atoms with van der Waals surface area (Å²) in [5.41, 5.74) is 5.20. The zero-order chi connectivity index (χ0) is 50.4. The van der Waals surface area contributed by atoms with Gasteiger partial charge in [-0.25, -0.2) is 18.7 Å². The molecule has 2 nitrogen and oxygen atoms in total. The summed E-state index contributed by atoms with van der Waals surface area (Å²) in [5.74, 6) is 0.565. The highest BCUT2D eigenvalue weighted by Gasteiger charge is 2.25. The van der Waals surface area contributed by atoms with Crippen molar-refractivity contribution in [1.29, 1.82) is 0 Å². The van der Waals surface area contributed by atoms with Gasteiger partial charge in [0.15, 0.2) is 11.6 Å². The fraction of sp³-hybridized carbons (Fsp3) is 0.531. The van der Waals surface area contributed by atoms with E-state index in [4.69, 9.17) is 4.98 Å². The minimum absolute atomic E-state index is 0.173. The third-order valence-corrected chi connectivity index (χ3v) is 19.7. The molecule has 0 radical (unpaired) electrons. The Morgan fingerprint density at radius 3 is 1.38 bits per heavy atom. The summed E-state index contributed by atoms with van der Waals surface area (Å²) in [6, 6.07) is 21.2. The number of rotatable bonds is 31. The number of nitrogens with zero attached hydrogens (tertiary/aromatic N) is 2. The van der Waals surface area contributed by atoms with E-state index in [-0.39, 0.29) is 11.0 Å². The smallest absolute Gasteiger partial charge is 0.151 e. The van der Waals surface area contributed by atoms with E-state index in [2.05, 4.69) is 76.0 Å². The lowest BCUT2D eigenvalue weighted by atomic mass is 9.91. The van der Waals surface area contributed by atoms with Crippen molar-refractivity contribution in [2.45, 2.75) is 208 Å². The van der Waals surface area contributed by atoms with Crippen LogP contribution in [0.5, 0.6) is 0 Å². The van der Waals surface area contributed by atoms with Gasteiger partial charge in [0.1, 0.15) is 11.0 Å². The third kappa shape index (κ3) is 14.0. The number of hydrogen-bond acceptors (Lipinski definition) is 6. The molecule has 0 saturated carbocycles. The van der Waals surface area contributed by atoms with E-state index in [0.29, 0.717) is 22.9 Å². The number of hydrogen-bond donors (Lipinski definition) is 0. The normalized spacial score (nSPS) is 12.9. The molecule has 5 heterocycles. The van der Waals surface area contributed by atoms with Gasteiger partial charge in [0, 0.05) is 60.6 Å². The van der Waals surface area contributed by atoms with E-state index in [9.17, 15) is 0 Å². The van der Waals surface area contributed by atoms with Crippen LogP contribution < -0.4 is 0 Å². The fourth-order valence-corrected chi connectivity index (χ4v) is 16.1. The van der Waals surface area contributed by atoms with Crippen molar-refractivity contribution in [3.63, 3.8) is 0 Å². The van der Waals surface area contributed by atoms with Crippen molar-refractivity contribution in [2.24, 2.45) is 11.8 Å². The van der Waals surface area contributed by atoms with Crippen LogP contribution in [0.25, 0.3) is 73.6 Å². The van der Waals surface area contributed by atoms with Crippen molar-refractivity contribution in [1.82, 2.24) is 9.97 Å². The third-order valence-electron chi connectivity index (χ3n) is 15.2. The highest BCUT2D eigenvalue weighted by Crippen LogP contribution is 2.53. The lowest BCUT2D eigenvalue weighted by Gasteiger charge is -2.16. The number of thiophene rings is 4. The van der Waals surface area contributed by atoms with Crippen LogP contribution in [0.3, 0.4) is 0 Å². The van der Waals surface area contributed by atoms with Crippen LogP contribution in [-0.4, -0.2) is 9.97 Å². The molecule has 72 heavy (non-hydrogen) atoms. The van der Waals surface area contributed by atoms with Gasteiger partial charge in [0.2, 0.25) is 0 Å². The van der Waals surface area contributed by atoms with E-state index in [1.54, 1.807) is 23.5 Å². The van der Waals surface area contributed by atoms with E-state index < -0.39 is 11.6 Å². The molecule has 0 spiro atoms. The summed E-state index contributed by atoms with van der Waals surface area (Å²) in [6.45, 7) is 13.3. The molecule has 0 aliphatic rings. The van der Waals surface area contributed by atoms with Crippen molar-refractivity contribution >= 4 is 87.6 Å². The molecule has 0 amide bonds. The zero-order valence-corrected chi connectivity index (χ0v) is 47.9. The number of halogens is 2. The summed E-state index contributed by atoms with van der Waals surface area (Å²) in [6.07, 6.45) is 34.3. The molecule has 0 fully saturated rings. The molecule has 0 saturated heterocycles. The van der Waals surface area contributed by atoms with Gasteiger partial charge in [-0.3, -0.25) is 0 Å². The van der Waals surface area contributed by atoms with Gasteiger partial charge in [-0.05, 0) is 110 Å². The largest absolute Gasteiger partial charge is 0.241 e. The predicted molar refractivity (Wildman–Crippen MR) is 317 cm³/mol. The first-order chi connectivity index (χ1) is 35.2. The number of unbranched alkanes of at least 4 members (excludes halogenated alkanes) is 16. The topological polar surface area (TPSA) is 25.8 Å². The summed E-state index contributed by atoms with van der Waals surface area (Å²) in [4.78, 5) is 17.2. The van der Waals surface area contributed by atoms with Crippen LogP contribution in [0.2, 0.25) is 0 Å². The van der Waals surface area contributed by atoms with E-state index >= 15 is 8.78 Å². The van der Waals surface area contributed by atoms with Gasteiger partial charge < -0.3 is 0 Å². The maximum absolute atomic E-state index is 16.4. The second-order valence-electron chi connectivity index (χ2n) is 21.4. The molecule has 5 aromatic heterocycles. The van der Waals surface area contributed by atoms with Gasteiger partial charge >= 0.3 is 0 Å². The second kappa shape index (κ2) is 27.3. The molecule has 8 heteroatoms. The molecule has 2 atom stereocenters. The van der Waals surface area contributed by atoms with Crippen LogP contribution in [-0.2, 0) is 12.8 Å². The summed E-state index contributed by atoms with van der Waals surface area (Å²) in [7, 11) is 0. The zero-order valence-electron chi connectivity index (χ0n) is 44.6. The van der Waals surface area contributed by atoms with E-state index in [1.165, 1.54) is 216 Å². The lowest BCUT2D eigenvalue weighted by molar-refractivity contribution is 0.404. The molecule has 8 aromatic rings. The average molecular weight is 1050 g/mol. The molecule has 2 unspecified atom stereocenters. The number of aromatic nitrogens is 2. The number of aryl methyl sites for hydroxylation is 2. The Morgan fingerprint density at radius 1 is 0.431 bits per heavy atom. The average Bonchev–Trinajstić information content (AvgIpc) is 4.20. The van der Waals surface area contributed by atoms with Gasteiger partial charge in [-0.2, -0.15) is 0 Å². The lowest BCUT2D eigenvalue weighted by Crippen LogP contribution is -2.04.